The molecule has 0 spiro atoms. The number of rotatable bonds is 9. The standard InChI is InChI=1S/C20H27N3O4/c1-6-7-10-23(2)20(24)16-9-8-14(13-21-16)22-15-11-17(25-3)19(27-5)18(12-15)26-4/h8-9,11-13,22H,6-7,10H2,1-5H3. The molecule has 1 aromatic heterocycles. The van der Waals surface area contributed by atoms with Crippen LogP contribution in [0.4, 0.5) is 11.4 Å². The van der Waals surface area contributed by atoms with E-state index in [-0.39, 0.29) is 5.91 Å². The van der Waals surface area contributed by atoms with Crippen LogP contribution >= 0.6 is 0 Å². The summed E-state index contributed by atoms with van der Waals surface area (Å²) in [4.78, 5) is 18.3. The lowest BCUT2D eigenvalue weighted by Crippen LogP contribution is -2.28. The summed E-state index contributed by atoms with van der Waals surface area (Å²) >= 11 is 0. The Morgan fingerprint density at radius 1 is 1.07 bits per heavy atom. The number of unbranched alkanes of at least 4 members (excludes halogenated alkanes) is 1. The third-order valence-corrected chi connectivity index (χ3v) is 4.13. The van der Waals surface area contributed by atoms with Gasteiger partial charge in [0.25, 0.3) is 5.91 Å². The number of anilines is 2. The molecule has 0 radical (unpaired) electrons. The van der Waals surface area contributed by atoms with Crippen molar-refractivity contribution in [3.63, 3.8) is 0 Å². The van der Waals surface area contributed by atoms with Crippen LogP contribution in [0.25, 0.3) is 0 Å². The number of hydrogen-bond donors (Lipinski definition) is 1. The Morgan fingerprint density at radius 3 is 2.22 bits per heavy atom. The molecular weight excluding hydrogens is 346 g/mol. The molecule has 0 saturated carbocycles. The topological polar surface area (TPSA) is 72.9 Å². The van der Waals surface area contributed by atoms with Gasteiger partial charge >= 0.3 is 0 Å². The van der Waals surface area contributed by atoms with Gasteiger partial charge in [0.2, 0.25) is 5.75 Å². The van der Waals surface area contributed by atoms with E-state index in [0.29, 0.717) is 22.9 Å². The molecule has 0 bridgehead atoms. The highest BCUT2D eigenvalue weighted by molar-refractivity contribution is 5.92. The largest absolute Gasteiger partial charge is 0.493 e. The van der Waals surface area contributed by atoms with Gasteiger partial charge in [0, 0.05) is 31.4 Å². The number of ether oxygens (including phenoxy) is 3. The van der Waals surface area contributed by atoms with Gasteiger partial charge in [0.05, 0.1) is 33.2 Å². The molecule has 1 aromatic carbocycles. The molecule has 0 aliphatic heterocycles. The average Bonchev–Trinajstić information content (AvgIpc) is 2.71. The van der Waals surface area contributed by atoms with Crippen molar-refractivity contribution in [2.45, 2.75) is 19.8 Å². The summed E-state index contributed by atoms with van der Waals surface area (Å²) in [6, 6.07) is 7.14. The van der Waals surface area contributed by atoms with Crippen molar-refractivity contribution in [2.75, 3.05) is 40.2 Å². The van der Waals surface area contributed by atoms with Crippen LogP contribution in [0.15, 0.2) is 30.5 Å². The fourth-order valence-electron chi connectivity index (χ4n) is 2.61. The maximum absolute atomic E-state index is 12.4. The first-order chi connectivity index (χ1) is 13.0. The maximum Gasteiger partial charge on any atom is 0.272 e. The predicted octanol–water partition coefficient (Wildman–Crippen LogP) is 3.72. The molecule has 2 aromatic rings. The van der Waals surface area contributed by atoms with Crippen LogP contribution in [0.3, 0.4) is 0 Å². The molecule has 0 saturated heterocycles. The van der Waals surface area contributed by atoms with E-state index in [1.54, 1.807) is 57.7 Å². The predicted molar refractivity (Wildman–Crippen MR) is 105 cm³/mol. The van der Waals surface area contributed by atoms with Crippen molar-refractivity contribution in [3.8, 4) is 17.2 Å². The van der Waals surface area contributed by atoms with E-state index in [9.17, 15) is 4.79 Å². The SMILES string of the molecule is CCCCN(C)C(=O)c1ccc(Nc2cc(OC)c(OC)c(OC)c2)cn1. The van der Waals surface area contributed by atoms with E-state index in [1.807, 2.05) is 6.07 Å². The van der Waals surface area contributed by atoms with Gasteiger partial charge in [-0.2, -0.15) is 0 Å². The van der Waals surface area contributed by atoms with E-state index in [1.165, 1.54) is 0 Å². The molecule has 1 amide bonds. The lowest BCUT2D eigenvalue weighted by atomic mass is 10.2. The quantitative estimate of drug-likeness (QED) is 0.722. The summed E-state index contributed by atoms with van der Waals surface area (Å²) in [6.07, 6.45) is 3.65. The van der Waals surface area contributed by atoms with Gasteiger partial charge in [-0.25, -0.2) is 4.98 Å². The molecular formula is C20H27N3O4. The summed E-state index contributed by atoms with van der Waals surface area (Å²) in [7, 11) is 6.49. The van der Waals surface area contributed by atoms with Gasteiger partial charge in [-0.15, -0.1) is 0 Å². The maximum atomic E-state index is 12.4. The molecule has 146 valence electrons. The lowest BCUT2D eigenvalue weighted by molar-refractivity contribution is 0.0787. The van der Waals surface area contributed by atoms with Crippen molar-refractivity contribution < 1.29 is 19.0 Å². The normalized spacial score (nSPS) is 10.3. The van der Waals surface area contributed by atoms with Crippen LogP contribution in [0.5, 0.6) is 17.2 Å². The van der Waals surface area contributed by atoms with Crippen molar-refractivity contribution in [2.24, 2.45) is 0 Å². The first-order valence-corrected chi connectivity index (χ1v) is 8.82. The highest BCUT2D eigenvalue weighted by atomic mass is 16.5. The molecule has 1 heterocycles. The van der Waals surface area contributed by atoms with Crippen LogP contribution in [0.2, 0.25) is 0 Å². The monoisotopic (exact) mass is 373 g/mol. The molecule has 27 heavy (non-hydrogen) atoms. The highest BCUT2D eigenvalue weighted by Gasteiger charge is 2.15. The first kappa shape index (κ1) is 20.4. The van der Waals surface area contributed by atoms with Crippen LogP contribution in [0.1, 0.15) is 30.3 Å². The molecule has 7 heteroatoms. The van der Waals surface area contributed by atoms with Crippen molar-refractivity contribution in [1.82, 2.24) is 9.88 Å². The number of hydrogen-bond acceptors (Lipinski definition) is 6. The fourth-order valence-corrected chi connectivity index (χ4v) is 2.61. The molecule has 0 unspecified atom stereocenters. The lowest BCUT2D eigenvalue weighted by Gasteiger charge is -2.17. The average molecular weight is 373 g/mol. The third kappa shape index (κ3) is 5.03. The highest BCUT2D eigenvalue weighted by Crippen LogP contribution is 2.40. The van der Waals surface area contributed by atoms with Gasteiger partial charge in [-0.05, 0) is 18.6 Å². The zero-order valence-corrected chi connectivity index (χ0v) is 16.5. The third-order valence-electron chi connectivity index (χ3n) is 4.13. The number of nitrogens with zero attached hydrogens (tertiary/aromatic N) is 2. The van der Waals surface area contributed by atoms with Gasteiger partial charge in [-0.1, -0.05) is 13.3 Å². The number of amides is 1. The second-order valence-corrected chi connectivity index (χ2v) is 6.05. The van der Waals surface area contributed by atoms with E-state index >= 15 is 0 Å². The van der Waals surface area contributed by atoms with Crippen molar-refractivity contribution >= 4 is 17.3 Å². The van der Waals surface area contributed by atoms with Crippen LogP contribution in [-0.2, 0) is 0 Å². The van der Waals surface area contributed by atoms with Crippen LogP contribution in [0, 0.1) is 0 Å². The number of pyridine rings is 1. The molecule has 0 aliphatic carbocycles. The minimum absolute atomic E-state index is 0.0808. The van der Waals surface area contributed by atoms with Gasteiger partial charge < -0.3 is 24.4 Å². The van der Waals surface area contributed by atoms with E-state index in [2.05, 4.69) is 17.2 Å². The molecule has 0 aliphatic rings. The molecule has 7 nitrogen and oxygen atoms in total. The second kappa shape index (κ2) is 9.66. The Bertz CT molecular complexity index is 737. The summed E-state index contributed by atoms with van der Waals surface area (Å²) in [5.74, 6) is 1.55. The summed E-state index contributed by atoms with van der Waals surface area (Å²) in [6.45, 7) is 2.82. The summed E-state index contributed by atoms with van der Waals surface area (Å²) in [5, 5.41) is 3.23. The van der Waals surface area contributed by atoms with Gasteiger partial charge in [-0.3, -0.25) is 4.79 Å². The number of carbonyl (C=O) groups is 1. The smallest absolute Gasteiger partial charge is 0.272 e. The number of carbonyl (C=O) groups excluding carboxylic acids is 1. The first-order valence-electron chi connectivity index (χ1n) is 8.82. The van der Waals surface area contributed by atoms with Crippen molar-refractivity contribution in [1.29, 1.82) is 0 Å². The Kier molecular flexibility index (Phi) is 7.28. The Labute approximate surface area is 160 Å². The van der Waals surface area contributed by atoms with Crippen LogP contribution < -0.4 is 19.5 Å². The fraction of sp³-hybridized carbons (Fsp3) is 0.400. The number of methoxy groups -OCH3 is 3. The summed E-state index contributed by atoms with van der Waals surface area (Å²) < 4.78 is 16.0. The molecule has 1 N–H and O–H groups in total. The van der Waals surface area contributed by atoms with Crippen LogP contribution in [-0.4, -0.2) is 50.7 Å². The van der Waals surface area contributed by atoms with E-state index in [0.717, 1.165) is 30.8 Å². The number of benzene rings is 1. The molecule has 0 fully saturated rings. The minimum Gasteiger partial charge on any atom is -0.493 e. The summed E-state index contributed by atoms with van der Waals surface area (Å²) in [5.41, 5.74) is 1.92. The van der Waals surface area contributed by atoms with Gasteiger partial charge in [0.1, 0.15) is 5.69 Å². The Balaban J connectivity index is 2.16. The van der Waals surface area contributed by atoms with Gasteiger partial charge in [0.15, 0.2) is 11.5 Å². The number of nitrogens with one attached hydrogen (secondary N) is 1. The van der Waals surface area contributed by atoms with E-state index in [4.69, 9.17) is 14.2 Å². The van der Waals surface area contributed by atoms with E-state index < -0.39 is 0 Å². The zero-order valence-electron chi connectivity index (χ0n) is 16.5. The molecule has 0 atom stereocenters. The van der Waals surface area contributed by atoms with Crippen molar-refractivity contribution in [3.05, 3.63) is 36.2 Å². The molecule has 2 rings (SSSR count). The second-order valence-electron chi connectivity index (χ2n) is 6.05. The Morgan fingerprint density at radius 2 is 1.74 bits per heavy atom. The zero-order chi connectivity index (χ0) is 19.8. The number of aromatic nitrogens is 1. The Hall–Kier alpha value is -2.96. The minimum atomic E-state index is -0.0808.